The van der Waals surface area contributed by atoms with Gasteiger partial charge in [-0.15, -0.1) is 11.3 Å². The first-order chi connectivity index (χ1) is 17.5. The van der Waals surface area contributed by atoms with Gasteiger partial charge in [0.05, 0.1) is 21.4 Å². The molecule has 1 aliphatic heterocycles. The van der Waals surface area contributed by atoms with Gasteiger partial charge in [0.25, 0.3) is 11.8 Å². The van der Waals surface area contributed by atoms with Crippen LogP contribution in [0.3, 0.4) is 0 Å². The number of carbonyl (C=O) groups is 2. The maximum absolute atomic E-state index is 14.0. The van der Waals surface area contributed by atoms with Crippen LogP contribution in [0, 0.1) is 25.7 Å². The highest BCUT2D eigenvalue weighted by Crippen LogP contribution is 2.43. The zero-order chi connectivity index (χ0) is 24.8. The van der Waals surface area contributed by atoms with Gasteiger partial charge >= 0.3 is 0 Å². The molecule has 2 aliphatic rings. The fourth-order valence-electron chi connectivity index (χ4n) is 5.93. The van der Waals surface area contributed by atoms with Crippen LogP contribution in [0.25, 0.3) is 21.3 Å². The molecule has 0 spiro atoms. The van der Waals surface area contributed by atoms with Gasteiger partial charge in [-0.1, -0.05) is 54.4 Å². The van der Waals surface area contributed by atoms with Gasteiger partial charge in [-0.2, -0.15) is 4.37 Å². The minimum absolute atomic E-state index is 0.0206. The average molecular weight is 517 g/mol. The molecule has 3 heterocycles. The number of hydrogen-bond donors (Lipinski definition) is 1. The number of nitrogens with zero attached hydrogens (tertiary/aromatic N) is 3. The van der Waals surface area contributed by atoms with E-state index in [2.05, 4.69) is 28.7 Å². The second-order valence-corrected chi connectivity index (χ2v) is 11.9. The summed E-state index contributed by atoms with van der Waals surface area (Å²) in [6, 6.07) is 15.9. The minimum atomic E-state index is -0.118. The molecule has 2 fully saturated rings. The Bertz CT molecular complexity index is 1460. The molecule has 2 amide bonds. The fourth-order valence-corrected chi connectivity index (χ4v) is 7.62. The topological polar surface area (TPSA) is 75.2 Å². The first kappa shape index (κ1) is 23.3. The molecule has 6 rings (SSSR count). The Morgan fingerprint density at radius 2 is 1.97 bits per heavy atom. The Morgan fingerprint density at radius 3 is 2.83 bits per heavy atom. The normalized spacial score (nSPS) is 21.2. The van der Waals surface area contributed by atoms with Crippen LogP contribution in [-0.4, -0.2) is 45.2 Å². The van der Waals surface area contributed by atoms with Crippen molar-refractivity contribution >= 4 is 45.6 Å². The van der Waals surface area contributed by atoms with Gasteiger partial charge in [-0.25, -0.2) is 4.98 Å². The fraction of sp³-hybridized carbons (Fsp3) is 0.357. The predicted octanol–water partition coefficient (Wildman–Crippen LogP) is 5.71. The Morgan fingerprint density at radius 1 is 1.11 bits per heavy atom. The lowest BCUT2D eigenvalue weighted by atomic mass is 9.94. The first-order valence-electron chi connectivity index (χ1n) is 12.5. The van der Waals surface area contributed by atoms with Gasteiger partial charge in [0.1, 0.15) is 10.6 Å². The third-order valence-corrected chi connectivity index (χ3v) is 9.48. The standard InChI is InChI=1S/C28H28N4O2S2/c1-16-7-5-8-18(13-16)25-24(30-17(2)35-25)28(34)32-15-19-9-6-11-20(19)23(32)14-29-27(33)26-21-10-3-4-12-22(21)31-36-26/h3-5,7-8,10,12-13,19-20,23H,6,9,11,14-15H2,1-2H3,(H,29,33)/t19-,20-,23+/m0/s1. The van der Waals surface area contributed by atoms with E-state index in [4.69, 9.17) is 4.98 Å². The van der Waals surface area contributed by atoms with Crippen molar-refractivity contribution in [2.24, 2.45) is 11.8 Å². The zero-order valence-corrected chi connectivity index (χ0v) is 22.0. The highest BCUT2D eigenvalue weighted by atomic mass is 32.1. The minimum Gasteiger partial charge on any atom is -0.349 e. The summed E-state index contributed by atoms with van der Waals surface area (Å²) in [6.07, 6.45) is 3.42. The van der Waals surface area contributed by atoms with E-state index in [-0.39, 0.29) is 17.9 Å². The van der Waals surface area contributed by atoms with Gasteiger partial charge < -0.3 is 10.2 Å². The molecule has 1 saturated carbocycles. The lowest BCUT2D eigenvalue weighted by Crippen LogP contribution is -2.45. The molecule has 36 heavy (non-hydrogen) atoms. The second kappa shape index (κ2) is 9.41. The van der Waals surface area contributed by atoms with Crippen LogP contribution in [0.5, 0.6) is 0 Å². The third kappa shape index (κ3) is 4.12. The van der Waals surface area contributed by atoms with E-state index >= 15 is 0 Å². The number of aryl methyl sites for hydroxylation is 2. The molecule has 184 valence electrons. The highest BCUT2D eigenvalue weighted by Gasteiger charge is 2.46. The number of fused-ring (bicyclic) bond motifs is 2. The molecule has 1 saturated heterocycles. The Labute approximate surface area is 218 Å². The molecule has 4 aromatic rings. The largest absolute Gasteiger partial charge is 0.349 e. The van der Waals surface area contributed by atoms with Gasteiger partial charge in [0.2, 0.25) is 0 Å². The van der Waals surface area contributed by atoms with E-state index in [0.717, 1.165) is 51.3 Å². The maximum Gasteiger partial charge on any atom is 0.274 e. The molecule has 2 aromatic carbocycles. The van der Waals surface area contributed by atoms with E-state index in [9.17, 15) is 9.59 Å². The Balaban J connectivity index is 1.26. The smallest absolute Gasteiger partial charge is 0.274 e. The van der Waals surface area contributed by atoms with Crippen molar-refractivity contribution in [3.63, 3.8) is 0 Å². The van der Waals surface area contributed by atoms with E-state index < -0.39 is 0 Å². The SMILES string of the molecule is Cc1cccc(-c2sc(C)nc2C(=O)N2C[C@@H]3CCC[C@@H]3[C@H]2CNC(=O)c2snc3ccccc23)c1. The summed E-state index contributed by atoms with van der Waals surface area (Å²) < 4.78 is 4.41. The molecule has 3 atom stereocenters. The number of aromatic nitrogens is 2. The molecule has 8 heteroatoms. The molecule has 1 N–H and O–H groups in total. The van der Waals surface area contributed by atoms with E-state index in [1.807, 2.05) is 48.2 Å². The number of likely N-dealkylation sites (tertiary alicyclic amines) is 1. The second-order valence-electron chi connectivity index (χ2n) is 9.90. The van der Waals surface area contributed by atoms with E-state index in [1.165, 1.54) is 18.0 Å². The molecule has 0 unspecified atom stereocenters. The van der Waals surface area contributed by atoms with Crippen LogP contribution >= 0.6 is 22.9 Å². The van der Waals surface area contributed by atoms with Crippen molar-refractivity contribution in [2.45, 2.75) is 39.2 Å². The third-order valence-electron chi connectivity index (χ3n) is 7.58. The summed E-state index contributed by atoms with van der Waals surface area (Å²) >= 11 is 2.80. The van der Waals surface area contributed by atoms with E-state index in [1.54, 1.807) is 11.3 Å². The number of nitrogens with one attached hydrogen (secondary N) is 1. The number of amides is 2. The highest BCUT2D eigenvalue weighted by molar-refractivity contribution is 7.15. The summed E-state index contributed by atoms with van der Waals surface area (Å²) in [6.45, 7) is 5.19. The van der Waals surface area contributed by atoms with Crippen LogP contribution in [-0.2, 0) is 0 Å². The monoisotopic (exact) mass is 516 g/mol. The Hall–Kier alpha value is -3.10. The van der Waals surface area contributed by atoms with Gasteiger partial charge in [0, 0.05) is 18.5 Å². The molecule has 0 radical (unpaired) electrons. The van der Waals surface area contributed by atoms with Crippen molar-refractivity contribution in [1.82, 2.24) is 19.6 Å². The number of thiazole rings is 1. The summed E-state index contributed by atoms with van der Waals surface area (Å²) in [4.78, 5) is 35.4. The van der Waals surface area contributed by atoms with Crippen molar-refractivity contribution in [1.29, 1.82) is 0 Å². The first-order valence-corrected chi connectivity index (χ1v) is 14.1. The maximum atomic E-state index is 14.0. The predicted molar refractivity (Wildman–Crippen MR) is 145 cm³/mol. The van der Waals surface area contributed by atoms with E-state index in [0.29, 0.717) is 29.0 Å². The van der Waals surface area contributed by atoms with Crippen LogP contribution in [0.4, 0.5) is 0 Å². The van der Waals surface area contributed by atoms with Gasteiger partial charge in [-0.3, -0.25) is 9.59 Å². The van der Waals surface area contributed by atoms with Crippen molar-refractivity contribution in [2.75, 3.05) is 13.1 Å². The van der Waals surface area contributed by atoms with Crippen LogP contribution in [0.15, 0.2) is 48.5 Å². The van der Waals surface area contributed by atoms with Gasteiger partial charge in [-0.05, 0) is 61.7 Å². The molecular formula is C28H28N4O2S2. The van der Waals surface area contributed by atoms with Crippen LogP contribution in [0.1, 0.15) is 50.0 Å². The summed E-state index contributed by atoms with van der Waals surface area (Å²) in [7, 11) is 0. The Kier molecular flexibility index (Phi) is 6.09. The summed E-state index contributed by atoms with van der Waals surface area (Å²) in [5.74, 6) is 0.761. The molecule has 2 aromatic heterocycles. The van der Waals surface area contributed by atoms with Crippen molar-refractivity contribution < 1.29 is 9.59 Å². The zero-order valence-electron chi connectivity index (χ0n) is 20.4. The van der Waals surface area contributed by atoms with Gasteiger partial charge in [0.15, 0.2) is 0 Å². The number of carbonyl (C=O) groups excluding carboxylic acids is 2. The van der Waals surface area contributed by atoms with Crippen molar-refractivity contribution in [3.05, 3.63) is 69.7 Å². The average Bonchev–Trinajstić information content (AvgIpc) is 3.65. The lowest BCUT2D eigenvalue weighted by Gasteiger charge is -2.28. The number of hydrogen-bond acceptors (Lipinski definition) is 6. The lowest BCUT2D eigenvalue weighted by molar-refractivity contribution is 0.0697. The van der Waals surface area contributed by atoms with Crippen molar-refractivity contribution in [3.8, 4) is 10.4 Å². The molecule has 1 aliphatic carbocycles. The molecule has 0 bridgehead atoms. The summed E-state index contributed by atoms with van der Waals surface area (Å²) in [5.41, 5.74) is 3.56. The van der Waals surface area contributed by atoms with Crippen LogP contribution < -0.4 is 5.32 Å². The molecular weight excluding hydrogens is 488 g/mol. The van der Waals surface area contributed by atoms with Crippen LogP contribution in [0.2, 0.25) is 0 Å². The molecule has 6 nitrogen and oxygen atoms in total. The number of benzene rings is 2. The number of rotatable bonds is 5. The summed E-state index contributed by atoms with van der Waals surface area (Å²) in [5, 5.41) is 4.91. The quantitative estimate of drug-likeness (QED) is 0.369.